The van der Waals surface area contributed by atoms with E-state index in [9.17, 15) is 9.50 Å². The summed E-state index contributed by atoms with van der Waals surface area (Å²) in [6.45, 7) is 2.24. The Balaban J connectivity index is 1.80. The largest absolute Gasteiger partial charge is 0.386 e. The molecule has 1 unspecified atom stereocenters. The number of aromatic nitrogens is 1. The van der Waals surface area contributed by atoms with Crippen LogP contribution in [0, 0.1) is 0 Å². The predicted octanol–water partition coefficient (Wildman–Crippen LogP) is 3.75. The Labute approximate surface area is 150 Å². The van der Waals surface area contributed by atoms with Crippen LogP contribution in [0.3, 0.4) is 0 Å². The topological polar surface area (TPSA) is 28.4 Å². The highest BCUT2D eigenvalue weighted by Gasteiger charge is 2.24. The van der Waals surface area contributed by atoms with E-state index in [-0.39, 0.29) is 0 Å². The van der Waals surface area contributed by atoms with Gasteiger partial charge in [-0.15, -0.1) is 0 Å². The molecule has 25 heavy (non-hydrogen) atoms. The molecule has 0 amide bonds. The lowest BCUT2D eigenvalue weighted by molar-refractivity contribution is 0.192. The molecular weight excluding hydrogens is 339 g/mol. The first-order valence-corrected chi connectivity index (χ1v) is 8.66. The van der Waals surface area contributed by atoms with Crippen LogP contribution in [0.15, 0.2) is 53.2 Å². The van der Waals surface area contributed by atoms with Gasteiger partial charge in [0, 0.05) is 46.7 Å². The molecule has 2 heterocycles. The van der Waals surface area contributed by atoms with Gasteiger partial charge in [-0.25, -0.2) is 0 Å². The SMILES string of the molecule is CN1CCc2c(c3cc(Cl)ccc3n2CC(O)C2=C=C=C(F)C=C2)C1. The maximum absolute atomic E-state index is 13.0. The lowest BCUT2D eigenvalue weighted by Gasteiger charge is -2.25. The summed E-state index contributed by atoms with van der Waals surface area (Å²) in [4.78, 5) is 2.28. The van der Waals surface area contributed by atoms with Gasteiger partial charge in [-0.1, -0.05) is 17.3 Å². The molecule has 1 N–H and O–H groups in total. The fraction of sp³-hybridized carbons (Fsp3) is 0.300. The van der Waals surface area contributed by atoms with E-state index in [1.54, 1.807) is 6.08 Å². The third-order valence-corrected chi connectivity index (χ3v) is 5.09. The molecule has 1 aromatic heterocycles. The number of hydrogen-bond acceptors (Lipinski definition) is 2. The summed E-state index contributed by atoms with van der Waals surface area (Å²) < 4.78 is 15.2. The van der Waals surface area contributed by atoms with Gasteiger partial charge < -0.3 is 14.6 Å². The minimum Gasteiger partial charge on any atom is -0.386 e. The molecule has 1 aromatic carbocycles. The number of aliphatic hydroxyl groups excluding tert-OH is 1. The van der Waals surface area contributed by atoms with Gasteiger partial charge in [-0.05, 0) is 48.7 Å². The van der Waals surface area contributed by atoms with Gasteiger partial charge in [0.2, 0.25) is 0 Å². The van der Waals surface area contributed by atoms with Crippen LogP contribution >= 0.6 is 11.6 Å². The fourth-order valence-electron chi connectivity index (χ4n) is 3.61. The summed E-state index contributed by atoms with van der Waals surface area (Å²) >= 11 is 6.21. The van der Waals surface area contributed by atoms with E-state index in [2.05, 4.69) is 28.0 Å². The van der Waals surface area contributed by atoms with Gasteiger partial charge >= 0.3 is 0 Å². The molecule has 0 radical (unpaired) electrons. The maximum atomic E-state index is 13.0. The van der Waals surface area contributed by atoms with Crippen molar-refractivity contribution in [1.82, 2.24) is 9.47 Å². The molecule has 1 aliphatic carbocycles. The molecule has 1 aliphatic heterocycles. The Morgan fingerprint density at radius 3 is 2.92 bits per heavy atom. The Morgan fingerprint density at radius 2 is 2.16 bits per heavy atom. The van der Waals surface area contributed by atoms with Crippen LogP contribution in [-0.2, 0) is 19.5 Å². The first kappa shape index (κ1) is 16.4. The van der Waals surface area contributed by atoms with Gasteiger partial charge in [-0.3, -0.25) is 0 Å². The van der Waals surface area contributed by atoms with E-state index in [1.165, 1.54) is 17.3 Å². The van der Waals surface area contributed by atoms with Gasteiger partial charge in [0.1, 0.15) is 6.10 Å². The van der Waals surface area contributed by atoms with Gasteiger partial charge in [0.05, 0.1) is 6.54 Å². The normalized spacial score (nSPS) is 18.2. The van der Waals surface area contributed by atoms with Crippen molar-refractivity contribution in [3.05, 3.63) is 69.5 Å². The van der Waals surface area contributed by atoms with E-state index >= 15 is 0 Å². The standard InChI is InChI=1S/C20H18ClFN2O/c1-23-9-8-19-17(11-23)16-10-14(21)4-7-18(16)24(19)12-20(25)13-2-5-15(22)6-3-13/h2,4-5,7,10,20,25H,8-9,11-12H2,1H3. The summed E-state index contributed by atoms with van der Waals surface area (Å²) in [5, 5.41) is 12.5. The number of nitrogens with zero attached hydrogens (tertiary/aromatic N) is 2. The summed E-state index contributed by atoms with van der Waals surface area (Å²) in [5.74, 6) is -0.475. The lowest BCUT2D eigenvalue weighted by atomic mass is 10.0. The average molecular weight is 357 g/mol. The van der Waals surface area contributed by atoms with Crippen molar-refractivity contribution in [2.45, 2.75) is 25.6 Å². The first-order chi connectivity index (χ1) is 12.0. The zero-order valence-electron chi connectivity index (χ0n) is 13.9. The van der Waals surface area contributed by atoms with Crippen LogP contribution in [0.2, 0.25) is 5.02 Å². The molecule has 0 saturated carbocycles. The summed E-state index contributed by atoms with van der Waals surface area (Å²) in [7, 11) is 2.11. The predicted molar refractivity (Wildman–Crippen MR) is 97.3 cm³/mol. The van der Waals surface area contributed by atoms with Crippen molar-refractivity contribution in [2.24, 2.45) is 0 Å². The number of halogens is 2. The Kier molecular flexibility index (Phi) is 4.16. The highest BCUT2D eigenvalue weighted by atomic mass is 35.5. The molecule has 0 saturated heterocycles. The first-order valence-electron chi connectivity index (χ1n) is 8.28. The van der Waals surface area contributed by atoms with E-state index in [4.69, 9.17) is 11.6 Å². The minimum atomic E-state index is -0.771. The number of fused-ring (bicyclic) bond motifs is 3. The Bertz CT molecular complexity index is 991. The summed E-state index contributed by atoms with van der Waals surface area (Å²) in [5.41, 5.74) is 9.20. The molecule has 128 valence electrons. The summed E-state index contributed by atoms with van der Waals surface area (Å²) in [6, 6.07) is 5.87. The Morgan fingerprint density at radius 1 is 1.32 bits per heavy atom. The molecular formula is C20H18ClFN2O. The average Bonchev–Trinajstić information content (AvgIpc) is 2.88. The second-order valence-corrected chi connectivity index (χ2v) is 7.02. The van der Waals surface area contributed by atoms with E-state index in [0.717, 1.165) is 30.4 Å². The third-order valence-electron chi connectivity index (χ3n) is 4.86. The van der Waals surface area contributed by atoms with Gasteiger partial charge in [0.15, 0.2) is 5.83 Å². The van der Waals surface area contributed by atoms with Gasteiger partial charge in [0.25, 0.3) is 0 Å². The van der Waals surface area contributed by atoms with E-state index in [0.29, 0.717) is 17.1 Å². The smallest absolute Gasteiger partial charge is 0.173 e. The molecule has 1 atom stereocenters. The highest BCUT2D eigenvalue weighted by molar-refractivity contribution is 6.31. The summed E-state index contributed by atoms with van der Waals surface area (Å²) in [6.07, 6.45) is 3.00. The zero-order valence-corrected chi connectivity index (χ0v) is 14.6. The van der Waals surface area contributed by atoms with Crippen LogP contribution in [0.4, 0.5) is 4.39 Å². The van der Waals surface area contributed by atoms with Crippen LogP contribution < -0.4 is 0 Å². The van der Waals surface area contributed by atoms with Crippen molar-refractivity contribution in [1.29, 1.82) is 0 Å². The van der Waals surface area contributed by atoms with Crippen LogP contribution in [0.1, 0.15) is 11.3 Å². The molecule has 5 heteroatoms. The maximum Gasteiger partial charge on any atom is 0.173 e. The minimum absolute atomic E-state index is 0.396. The van der Waals surface area contributed by atoms with Crippen molar-refractivity contribution in [3.63, 3.8) is 0 Å². The van der Waals surface area contributed by atoms with Crippen molar-refractivity contribution < 1.29 is 9.50 Å². The number of rotatable bonds is 3. The monoisotopic (exact) mass is 356 g/mol. The van der Waals surface area contributed by atoms with Crippen LogP contribution in [-0.4, -0.2) is 34.3 Å². The van der Waals surface area contributed by atoms with Crippen LogP contribution in [0.25, 0.3) is 10.9 Å². The molecule has 3 nitrogen and oxygen atoms in total. The number of hydrogen-bond donors (Lipinski definition) is 1. The van der Waals surface area contributed by atoms with Gasteiger partial charge in [-0.2, -0.15) is 4.39 Å². The van der Waals surface area contributed by atoms with Crippen molar-refractivity contribution in [3.8, 4) is 0 Å². The molecule has 0 fully saturated rings. The quantitative estimate of drug-likeness (QED) is 0.848. The highest BCUT2D eigenvalue weighted by Crippen LogP contribution is 2.33. The lowest BCUT2D eigenvalue weighted by Crippen LogP contribution is -2.28. The van der Waals surface area contributed by atoms with Crippen molar-refractivity contribution in [2.75, 3.05) is 13.6 Å². The second-order valence-electron chi connectivity index (χ2n) is 6.59. The molecule has 2 aliphatic rings. The van der Waals surface area contributed by atoms with Crippen LogP contribution in [0.5, 0.6) is 0 Å². The van der Waals surface area contributed by atoms with Crippen molar-refractivity contribution >= 4 is 22.5 Å². The number of aliphatic hydroxyl groups is 1. The zero-order chi connectivity index (χ0) is 17.6. The number of likely N-dealkylation sites (N-methyl/N-ethyl adjacent to an activating group) is 1. The number of benzene rings is 1. The Hall–Kier alpha value is -2.06. The molecule has 0 spiro atoms. The fourth-order valence-corrected chi connectivity index (χ4v) is 3.78. The molecule has 4 rings (SSSR count). The molecule has 0 bridgehead atoms. The van der Waals surface area contributed by atoms with E-state index < -0.39 is 11.9 Å². The third kappa shape index (κ3) is 3.00. The van der Waals surface area contributed by atoms with E-state index in [1.807, 2.05) is 18.2 Å². The molecule has 2 aromatic rings. The second kappa shape index (κ2) is 6.34. The number of allylic oxidation sites excluding steroid dienone is 2.